The lowest BCUT2D eigenvalue weighted by molar-refractivity contribution is 0.364. The monoisotopic (exact) mass is 422 g/mol. The number of imidazole rings is 1. The normalized spacial score (nSPS) is 11.4. The fourth-order valence-corrected chi connectivity index (χ4v) is 3.54. The van der Waals surface area contributed by atoms with Crippen molar-refractivity contribution in [1.82, 2.24) is 29.1 Å². The van der Waals surface area contributed by atoms with Gasteiger partial charge in [0.05, 0.1) is 43.7 Å². The summed E-state index contributed by atoms with van der Waals surface area (Å²) in [5.74, 6) is -1.38. The van der Waals surface area contributed by atoms with Crippen molar-refractivity contribution in [1.29, 1.82) is 0 Å². The van der Waals surface area contributed by atoms with Gasteiger partial charge in [0.1, 0.15) is 11.8 Å². The number of rotatable bonds is 5. The van der Waals surface area contributed by atoms with E-state index in [-0.39, 0.29) is 6.54 Å². The molecule has 0 fully saturated rings. The van der Waals surface area contributed by atoms with Crippen LogP contribution in [0.2, 0.25) is 0 Å². The van der Waals surface area contributed by atoms with Gasteiger partial charge in [-0.15, -0.1) is 0 Å². The third kappa shape index (κ3) is 3.12. The number of hydrogen-bond acceptors (Lipinski definition) is 6. The van der Waals surface area contributed by atoms with Crippen molar-refractivity contribution >= 4 is 22.2 Å². The maximum absolute atomic E-state index is 13.7. The number of halogens is 2. The van der Waals surface area contributed by atoms with Crippen LogP contribution in [0.15, 0.2) is 49.1 Å². The van der Waals surface area contributed by atoms with Crippen LogP contribution in [0.25, 0.3) is 27.9 Å². The zero-order valence-corrected chi connectivity index (χ0v) is 16.6. The Morgan fingerprint density at radius 3 is 2.61 bits per heavy atom. The number of pyridine rings is 1. The second kappa shape index (κ2) is 7.31. The maximum Gasteiger partial charge on any atom is 0.298 e. The van der Waals surface area contributed by atoms with Crippen LogP contribution < -0.4 is 9.47 Å². The smallest absolute Gasteiger partial charge is 0.298 e. The topological polar surface area (TPSA) is 79.9 Å². The lowest BCUT2D eigenvalue weighted by Gasteiger charge is -2.10. The molecule has 156 valence electrons. The van der Waals surface area contributed by atoms with Crippen LogP contribution in [0, 0.1) is 11.6 Å². The number of ether oxygens (including phenoxy) is 2. The van der Waals surface area contributed by atoms with Crippen molar-refractivity contribution in [2.45, 2.75) is 6.54 Å². The first-order chi connectivity index (χ1) is 15.1. The third-order valence-electron chi connectivity index (χ3n) is 4.97. The second-order valence-corrected chi connectivity index (χ2v) is 6.77. The summed E-state index contributed by atoms with van der Waals surface area (Å²) in [7, 11) is 3.04. The fourth-order valence-electron chi connectivity index (χ4n) is 3.54. The summed E-state index contributed by atoms with van der Waals surface area (Å²) in [5.41, 5.74) is 3.83. The quantitative estimate of drug-likeness (QED) is 0.431. The Labute approximate surface area is 174 Å². The highest BCUT2D eigenvalue weighted by Gasteiger charge is 2.17. The average Bonchev–Trinajstić information content (AvgIpc) is 3.37. The van der Waals surface area contributed by atoms with E-state index in [9.17, 15) is 8.78 Å². The van der Waals surface area contributed by atoms with Crippen molar-refractivity contribution < 1.29 is 18.3 Å². The Bertz CT molecular complexity index is 1430. The van der Waals surface area contributed by atoms with E-state index in [4.69, 9.17) is 9.47 Å². The number of nitrogens with zero attached hydrogens (tertiary/aromatic N) is 6. The van der Waals surface area contributed by atoms with E-state index in [1.54, 1.807) is 17.9 Å². The predicted molar refractivity (Wildman–Crippen MR) is 109 cm³/mol. The minimum Gasteiger partial charge on any atom is -0.479 e. The molecule has 0 atom stereocenters. The number of aromatic nitrogens is 6. The molecule has 1 aromatic carbocycles. The van der Waals surface area contributed by atoms with Gasteiger partial charge < -0.3 is 14.0 Å². The summed E-state index contributed by atoms with van der Waals surface area (Å²) in [6, 6.07) is 7.80. The standard InChI is InChI=1S/C21H16F2N6O2/c1-30-20-18-16(25-11-26-20)5-6-28(18)13-8-17-19(24-9-13)27-21(31-2)29(17)10-12-3-4-14(22)15(23)7-12/h3-9,11H,10H2,1-2H3. The van der Waals surface area contributed by atoms with Crippen molar-refractivity contribution in [2.24, 2.45) is 0 Å². The Morgan fingerprint density at radius 2 is 1.84 bits per heavy atom. The first-order valence-electron chi connectivity index (χ1n) is 9.29. The van der Waals surface area contributed by atoms with Crippen LogP contribution >= 0.6 is 0 Å². The molecule has 0 bridgehead atoms. The highest BCUT2D eigenvalue weighted by atomic mass is 19.2. The molecule has 4 aromatic heterocycles. The Kier molecular flexibility index (Phi) is 4.46. The minimum absolute atomic E-state index is 0.223. The highest BCUT2D eigenvalue weighted by molar-refractivity contribution is 5.83. The predicted octanol–water partition coefficient (Wildman–Crippen LogP) is 3.51. The van der Waals surface area contributed by atoms with Crippen molar-refractivity contribution in [3.05, 3.63) is 66.3 Å². The van der Waals surface area contributed by atoms with Gasteiger partial charge in [-0.25, -0.2) is 18.7 Å². The molecule has 0 aliphatic rings. The lowest BCUT2D eigenvalue weighted by atomic mass is 10.2. The molecule has 5 aromatic rings. The molecule has 5 rings (SSSR count). The van der Waals surface area contributed by atoms with Gasteiger partial charge in [-0.3, -0.25) is 4.57 Å². The molecule has 0 saturated carbocycles. The number of fused-ring (bicyclic) bond motifs is 2. The molecule has 0 aliphatic heterocycles. The maximum atomic E-state index is 13.7. The fraction of sp³-hybridized carbons (Fsp3) is 0.143. The number of methoxy groups -OCH3 is 2. The van der Waals surface area contributed by atoms with Gasteiger partial charge in [0.25, 0.3) is 6.01 Å². The zero-order chi connectivity index (χ0) is 21.5. The molecule has 4 heterocycles. The molecular formula is C21H16F2N6O2. The van der Waals surface area contributed by atoms with Crippen molar-refractivity contribution in [3.63, 3.8) is 0 Å². The van der Waals surface area contributed by atoms with Crippen molar-refractivity contribution in [3.8, 4) is 17.6 Å². The molecule has 31 heavy (non-hydrogen) atoms. The molecule has 10 heteroatoms. The molecule has 8 nitrogen and oxygen atoms in total. The average molecular weight is 422 g/mol. The molecule has 0 amide bonds. The van der Waals surface area contributed by atoms with Gasteiger partial charge in [0.2, 0.25) is 5.88 Å². The molecule has 0 N–H and O–H groups in total. The minimum atomic E-state index is -0.911. The Hall–Kier alpha value is -4.08. The summed E-state index contributed by atoms with van der Waals surface area (Å²) < 4.78 is 41.4. The largest absolute Gasteiger partial charge is 0.479 e. The van der Waals surface area contributed by atoms with E-state index < -0.39 is 11.6 Å². The zero-order valence-electron chi connectivity index (χ0n) is 16.6. The van der Waals surface area contributed by atoms with Crippen LogP contribution in [0.5, 0.6) is 11.9 Å². The number of hydrogen-bond donors (Lipinski definition) is 0. The van der Waals surface area contributed by atoms with E-state index in [0.717, 1.165) is 23.3 Å². The molecular weight excluding hydrogens is 406 g/mol. The second-order valence-electron chi connectivity index (χ2n) is 6.77. The van der Waals surface area contributed by atoms with Gasteiger partial charge in [-0.1, -0.05) is 6.07 Å². The SMILES string of the molecule is COc1ncnc2ccn(-c3cnc4nc(OC)n(Cc5ccc(F)c(F)c5)c4c3)c12. The van der Waals surface area contributed by atoms with Crippen LogP contribution in [-0.4, -0.2) is 43.3 Å². The van der Waals surface area contributed by atoms with E-state index in [1.165, 1.54) is 19.5 Å². The first-order valence-corrected chi connectivity index (χ1v) is 9.29. The first kappa shape index (κ1) is 18.9. The Balaban J connectivity index is 1.66. The lowest BCUT2D eigenvalue weighted by Crippen LogP contribution is -2.04. The van der Waals surface area contributed by atoms with Crippen LogP contribution in [0.1, 0.15) is 5.56 Å². The van der Waals surface area contributed by atoms with Gasteiger partial charge in [-0.2, -0.15) is 9.97 Å². The molecule has 0 saturated heterocycles. The third-order valence-corrected chi connectivity index (χ3v) is 4.97. The van der Waals surface area contributed by atoms with Crippen LogP contribution in [0.3, 0.4) is 0 Å². The van der Waals surface area contributed by atoms with E-state index in [2.05, 4.69) is 19.9 Å². The van der Waals surface area contributed by atoms with Gasteiger partial charge in [0, 0.05) is 6.20 Å². The van der Waals surface area contributed by atoms with E-state index in [1.807, 2.05) is 22.9 Å². The number of benzene rings is 1. The highest BCUT2D eigenvalue weighted by Crippen LogP contribution is 2.28. The summed E-state index contributed by atoms with van der Waals surface area (Å²) in [4.78, 5) is 17.3. The summed E-state index contributed by atoms with van der Waals surface area (Å²) >= 11 is 0. The summed E-state index contributed by atoms with van der Waals surface area (Å²) in [6.07, 6.45) is 4.95. The molecule has 0 spiro atoms. The summed E-state index contributed by atoms with van der Waals surface area (Å²) in [5, 5.41) is 0. The summed E-state index contributed by atoms with van der Waals surface area (Å²) in [6.45, 7) is 0.223. The molecule has 0 radical (unpaired) electrons. The van der Waals surface area contributed by atoms with E-state index in [0.29, 0.717) is 34.1 Å². The van der Waals surface area contributed by atoms with E-state index >= 15 is 0 Å². The Morgan fingerprint density at radius 1 is 0.968 bits per heavy atom. The van der Waals surface area contributed by atoms with Crippen LogP contribution in [0.4, 0.5) is 8.78 Å². The van der Waals surface area contributed by atoms with Gasteiger partial charge >= 0.3 is 0 Å². The van der Waals surface area contributed by atoms with Gasteiger partial charge in [-0.05, 0) is 29.8 Å². The van der Waals surface area contributed by atoms with Gasteiger partial charge in [0.15, 0.2) is 17.3 Å². The van der Waals surface area contributed by atoms with Crippen molar-refractivity contribution in [2.75, 3.05) is 14.2 Å². The molecule has 0 aliphatic carbocycles. The molecule has 0 unspecified atom stereocenters. The van der Waals surface area contributed by atoms with Crippen LogP contribution in [-0.2, 0) is 6.54 Å².